The topological polar surface area (TPSA) is 53.7 Å². The number of halogens is 1. The van der Waals surface area contributed by atoms with Crippen molar-refractivity contribution in [2.45, 2.75) is 39.0 Å². The third-order valence-electron chi connectivity index (χ3n) is 4.61. The Morgan fingerprint density at radius 2 is 1.81 bits per heavy atom. The molecule has 1 aromatic rings. The molecule has 5 heteroatoms. The summed E-state index contributed by atoms with van der Waals surface area (Å²) in [6.45, 7) is 6.40. The number of benzene rings is 1. The van der Waals surface area contributed by atoms with Crippen LogP contribution in [0.25, 0.3) is 0 Å². The molecule has 0 aliphatic carbocycles. The van der Waals surface area contributed by atoms with Crippen LogP contribution in [0.4, 0.5) is 0 Å². The molecule has 118 valence electrons. The van der Waals surface area contributed by atoms with Crippen LogP contribution in [0.15, 0.2) is 16.6 Å². The largest absolute Gasteiger partial charge is 0.495 e. The number of methoxy groups -OCH3 is 2. The Morgan fingerprint density at radius 3 is 2.29 bits per heavy atom. The maximum atomic E-state index is 6.56. The van der Waals surface area contributed by atoms with Gasteiger partial charge in [0.1, 0.15) is 16.0 Å². The average Bonchev–Trinajstić information content (AvgIpc) is 2.71. The number of rotatable bonds is 4. The van der Waals surface area contributed by atoms with Gasteiger partial charge in [0, 0.05) is 17.5 Å². The predicted molar refractivity (Wildman–Crippen MR) is 86.8 cm³/mol. The lowest BCUT2D eigenvalue weighted by atomic mass is 9.80. The van der Waals surface area contributed by atoms with Gasteiger partial charge in [-0.3, -0.25) is 0 Å². The number of nitrogens with two attached hydrogens (primary N) is 1. The van der Waals surface area contributed by atoms with Gasteiger partial charge in [-0.05, 0) is 47.8 Å². The lowest BCUT2D eigenvalue weighted by Gasteiger charge is -2.28. The van der Waals surface area contributed by atoms with Crippen LogP contribution < -0.4 is 15.2 Å². The molecule has 0 aromatic heterocycles. The summed E-state index contributed by atoms with van der Waals surface area (Å²) in [5, 5.41) is 0. The third kappa shape index (κ3) is 2.91. The Labute approximate surface area is 135 Å². The summed E-state index contributed by atoms with van der Waals surface area (Å²) >= 11 is 3.53. The molecule has 5 unspecified atom stereocenters. The minimum Gasteiger partial charge on any atom is -0.495 e. The fraction of sp³-hybridized carbons (Fsp3) is 0.625. The van der Waals surface area contributed by atoms with E-state index in [4.69, 9.17) is 19.9 Å². The van der Waals surface area contributed by atoms with Crippen molar-refractivity contribution in [3.8, 4) is 11.5 Å². The molecule has 5 atom stereocenters. The summed E-state index contributed by atoms with van der Waals surface area (Å²) in [4.78, 5) is 0. The van der Waals surface area contributed by atoms with E-state index < -0.39 is 0 Å². The fourth-order valence-corrected chi connectivity index (χ4v) is 3.99. The van der Waals surface area contributed by atoms with Crippen LogP contribution in [0.5, 0.6) is 11.5 Å². The molecule has 1 fully saturated rings. The van der Waals surface area contributed by atoms with Crippen molar-refractivity contribution in [2.24, 2.45) is 17.6 Å². The van der Waals surface area contributed by atoms with Crippen LogP contribution in [0, 0.1) is 11.8 Å². The highest BCUT2D eigenvalue weighted by Gasteiger charge is 2.41. The minimum absolute atomic E-state index is 0.135. The molecule has 2 N–H and O–H groups in total. The first kappa shape index (κ1) is 16.6. The van der Waals surface area contributed by atoms with Crippen LogP contribution in [-0.4, -0.2) is 26.4 Å². The molecule has 0 saturated carbocycles. The van der Waals surface area contributed by atoms with Crippen LogP contribution in [-0.2, 0) is 4.74 Å². The van der Waals surface area contributed by atoms with Crippen molar-refractivity contribution in [3.63, 3.8) is 0 Å². The zero-order valence-electron chi connectivity index (χ0n) is 13.2. The lowest BCUT2D eigenvalue weighted by Crippen LogP contribution is -2.31. The zero-order chi connectivity index (χ0) is 15.7. The van der Waals surface area contributed by atoms with E-state index in [-0.39, 0.29) is 24.2 Å². The summed E-state index contributed by atoms with van der Waals surface area (Å²) in [6.07, 6.45) is 0.360. The van der Waals surface area contributed by atoms with E-state index in [1.54, 1.807) is 14.2 Å². The summed E-state index contributed by atoms with van der Waals surface area (Å²) in [7, 11) is 3.28. The van der Waals surface area contributed by atoms with Crippen molar-refractivity contribution >= 4 is 15.9 Å². The molecule has 0 amide bonds. The molecule has 1 aliphatic rings. The van der Waals surface area contributed by atoms with E-state index in [1.807, 2.05) is 12.1 Å². The van der Waals surface area contributed by atoms with Crippen LogP contribution in [0.2, 0.25) is 0 Å². The van der Waals surface area contributed by atoms with Crippen molar-refractivity contribution < 1.29 is 14.2 Å². The predicted octanol–water partition coefficient (Wildman–Crippen LogP) is 3.53. The van der Waals surface area contributed by atoms with E-state index in [2.05, 4.69) is 36.7 Å². The highest BCUT2D eigenvalue weighted by atomic mass is 79.9. The van der Waals surface area contributed by atoms with Gasteiger partial charge in [-0.1, -0.05) is 6.92 Å². The van der Waals surface area contributed by atoms with Crippen LogP contribution in [0.3, 0.4) is 0 Å². The second-order valence-corrected chi connectivity index (χ2v) is 6.51. The molecule has 0 radical (unpaired) electrons. The van der Waals surface area contributed by atoms with E-state index in [9.17, 15) is 0 Å². The van der Waals surface area contributed by atoms with E-state index in [0.717, 1.165) is 21.5 Å². The first-order valence-electron chi connectivity index (χ1n) is 7.23. The minimum atomic E-state index is -0.142. The quantitative estimate of drug-likeness (QED) is 0.895. The third-order valence-corrected chi connectivity index (χ3v) is 5.36. The monoisotopic (exact) mass is 357 g/mol. The summed E-state index contributed by atoms with van der Waals surface area (Å²) in [6, 6.07) is 3.75. The van der Waals surface area contributed by atoms with Crippen molar-refractivity contribution in [3.05, 3.63) is 22.2 Å². The second-order valence-electron chi connectivity index (χ2n) is 5.71. The van der Waals surface area contributed by atoms with Gasteiger partial charge in [0.25, 0.3) is 0 Å². The Kier molecular flexibility index (Phi) is 5.17. The number of ether oxygens (including phenoxy) is 3. The molecule has 1 aliphatic heterocycles. The molecule has 1 aromatic carbocycles. The molecule has 4 nitrogen and oxygen atoms in total. The zero-order valence-corrected chi connectivity index (χ0v) is 14.8. The van der Waals surface area contributed by atoms with Gasteiger partial charge in [0.15, 0.2) is 0 Å². The Balaban J connectivity index is 2.39. The summed E-state index contributed by atoms with van der Waals surface area (Å²) in [5.74, 6) is 2.13. The Bertz CT molecular complexity index is 509. The SMILES string of the molecule is COc1ccc(C(N)C2C(C)OC(C)C2C)c(OC)c1Br. The van der Waals surface area contributed by atoms with Crippen LogP contribution in [0.1, 0.15) is 32.4 Å². The van der Waals surface area contributed by atoms with E-state index in [1.165, 1.54) is 0 Å². The molecular weight excluding hydrogens is 334 g/mol. The second kappa shape index (κ2) is 6.55. The molecule has 1 heterocycles. The molecule has 2 rings (SSSR count). The fourth-order valence-electron chi connectivity index (χ4n) is 3.30. The van der Waals surface area contributed by atoms with E-state index >= 15 is 0 Å². The highest BCUT2D eigenvalue weighted by molar-refractivity contribution is 9.10. The van der Waals surface area contributed by atoms with Gasteiger partial charge in [0.2, 0.25) is 0 Å². The van der Waals surface area contributed by atoms with Gasteiger partial charge >= 0.3 is 0 Å². The summed E-state index contributed by atoms with van der Waals surface area (Å²) < 4.78 is 17.6. The van der Waals surface area contributed by atoms with Gasteiger partial charge in [0.05, 0.1) is 26.4 Å². The molecular formula is C16H24BrNO3. The standard InChI is InChI=1S/C16H24BrNO3/c1-8-9(2)21-10(3)13(8)15(18)11-6-7-12(19-4)14(17)16(11)20-5/h6-10,13,15H,18H2,1-5H3. The maximum absolute atomic E-state index is 6.56. The van der Waals surface area contributed by atoms with E-state index in [0.29, 0.717) is 5.92 Å². The maximum Gasteiger partial charge on any atom is 0.141 e. The van der Waals surface area contributed by atoms with Gasteiger partial charge in [-0.2, -0.15) is 0 Å². The summed E-state index contributed by atoms with van der Waals surface area (Å²) in [5.41, 5.74) is 7.54. The molecule has 0 spiro atoms. The van der Waals surface area contributed by atoms with Crippen LogP contribution >= 0.6 is 15.9 Å². The number of hydrogen-bond donors (Lipinski definition) is 1. The normalized spacial score (nSPS) is 30.2. The van der Waals surface area contributed by atoms with Gasteiger partial charge in [-0.25, -0.2) is 0 Å². The molecule has 1 saturated heterocycles. The smallest absolute Gasteiger partial charge is 0.141 e. The number of hydrogen-bond acceptors (Lipinski definition) is 4. The lowest BCUT2D eigenvalue weighted by molar-refractivity contribution is 0.0489. The Morgan fingerprint density at radius 1 is 1.14 bits per heavy atom. The first-order valence-corrected chi connectivity index (χ1v) is 8.03. The van der Waals surface area contributed by atoms with Crippen molar-refractivity contribution in [1.29, 1.82) is 0 Å². The molecule has 0 bridgehead atoms. The van der Waals surface area contributed by atoms with Crippen molar-refractivity contribution in [1.82, 2.24) is 0 Å². The first-order chi connectivity index (χ1) is 9.92. The highest BCUT2D eigenvalue weighted by Crippen LogP contribution is 2.45. The van der Waals surface area contributed by atoms with Gasteiger partial charge in [-0.15, -0.1) is 0 Å². The average molecular weight is 358 g/mol. The van der Waals surface area contributed by atoms with Gasteiger partial charge < -0.3 is 19.9 Å². The van der Waals surface area contributed by atoms with Crippen molar-refractivity contribution in [2.75, 3.05) is 14.2 Å². The molecule has 21 heavy (non-hydrogen) atoms. The Hall–Kier alpha value is -0.780.